The van der Waals surface area contributed by atoms with Gasteiger partial charge in [-0.05, 0) is 0 Å². The van der Waals surface area contributed by atoms with Crippen LogP contribution in [0.3, 0.4) is 0 Å². The van der Waals surface area contributed by atoms with Gasteiger partial charge in [-0.2, -0.15) is 5.06 Å². The molecule has 1 aliphatic heterocycles. The van der Waals surface area contributed by atoms with E-state index < -0.39 is 11.8 Å². The number of nitrogens with two attached hydrogens (primary N) is 2. The molecule has 0 saturated carbocycles. The lowest BCUT2D eigenvalue weighted by Crippen LogP contribution is -2.24. The molecule has 0 aliphatic carbocycles. The summed E-state index contributed by atoms with van der Waals surface area (Å²) in [6.07, 6.45) is 0.296. The van der Waals surface area contributed by atoms with E-state index in [9.17, 15) is 9.59 Å². The van der Waals surface area contributed by atoms with E-state index in [0.29, 0.717) is 13.1 Å². The number of hydrogen-bond acceptors (Lipinski definition) is 5. The van der Waals surface area contributed by atoms with Crippen LogP contribution in [0.25, 0.3) is 0 Å². The van der Waals surface area contributed by atoms with Crippen LogP contribution in [-0.4, -0.2) is 35.2 Å². The quantitative estimate of drug-likeness (QED) is 0.329. The minimum atomic E-state index is -0.505. The standard InChI is InChI=1S/C4H5NO3.C2H8N2/c6-3-1-2-4(7)5(3)8;3-1-2-4/h8H,1-2H2;1-4H2. The second kappa shape index (κ2) is 5.64. The summed E-state index contributed by atoms with van der Waals surface area (Å²) >= 11 is 0. The molecule has 12 heavy (non-hydrogen) atoms. The number of rotatable bonds is 1. The highest BCUT2D eigenvalue weighted by atomic mass is 16.5. The minimum absolute atomic E-state index is 0.148. The molecule has 0 atom stereocenters. The molecule has 1 rings (SSSR count). The molecular formula is C6H13N3O3. The van der Waals surface area contributed by atoms with Crippen molar-refractivity contribution in [1.82, 2.24) is 5.06 Å². The maximum atomic E-state index is 10.2. The van der Waals surface area contributed by atoms with Crippen molar-refractivity contribution >= 4 is 11.8 Å². The van der Waals surface area contributed by atoms with Crippen molar-refractivity contribution in [3.05, 3.63) is 0 Å². The molecule has 6 nitrogen and oxygen atoms in total. The van der Waals surface area contributed by atoms with Gasteiger partial charge in [0.15, 0.2) is 0 Å². The van der Waals surface area contributed by atoms with Crippen molar-refractivity contribution in [3.8, 4) is 0 Å². The van der Waals surface area contributed by atoms with Gasteiger partial charge in [0.1, 0.15) is 0 Å². The van der Waals surface area contributed by atoms with E-state index in [1.165, 1.54) is 0 Å². The zero-order valence-corrected chi connectivity index (χ0v) is 6.69. The largest absolute Gasteiger partial charge is 0.329 e. The monoisotopic (exact) mass is 175 g/mol. The van der Waals surface area contributed by atoms with Crippen LogP contribution in [-0.2, 0) is 9.59 Å². The molecule has 0 spiro atoms. The van der Waals surface area contributed by atoms with Crippen molar-refractivity contribution < 1.29 is 14.8 Å². The molecule has 0 aromatic carbocycles. The van der Waals surface area contributed by atoms with Crippen LogP contribution >= 0.6 is 0 Å². The van der Waals surface area contributed by atoms with Crippen molar-refractivity contribution in [2.24, 2.45) is 11.5 Å². The summed E-state index contributed by atoms with van der Waals surface area (Å²) in [5.41, 5.74) is 9.81. The molecule has 0 unspecified atom stereocenters. The number of amides is 2. The van der Waals surface area contributed by atoms with E-state index in [1.54, 1.807) is 0 Å². The van der Waals surface area contributed by atoms with Gasteiger partial charge in [-0.3, -0.25) is 14.8 Å². The van der Waals surface area contributed by atoms with Gasteiger partial charge in [0, 0.05) is 25.9 Å². The average Bonchev–Trinajstić information content (AvgIpc) is 2.37. The summed E-state index contributed by atoms with van der Waals surface area (Å²) in [4.78, 5) is 20.5. The van der Waals surface area contributed by atoms with E-state index in [2.05, 4.69) is 0 Å². The van der Waals surface area contributed by atoms with Gasteiger partial charge in [0.05, 0.1) is 0 Å². The number of hydroxylamine groups is 2. The van der Waals surface area contributed by atoms with E-state index >= 15 is 0 Å². The third-order valence-corrected chi connectivity index (χ3v) is 1.19. The Balaban J connectivity index is 0.000000261. The molecule has 5 N–H and O–H groups in total. The second-order valence-corrected chi connectivity index (χ2v) is 2.18. The summed E-state index contributed by atoms with van der Waals surface area (Å²) < 4.78 is 0. The third kappa shape index (κ3) is 3.42. The van der Waals surface area contributed by atoms with Crippen LogP contribution in [0.2, 0.25) is 0 Å². The van der Waals surface area contributed by atoms with Gasteiger partial charge in [-0.15, -0.1) is 0 Å². The highest BCUT2D eigenvalue weighted by molar-refractivity contribution is 6.00. The minimum Gasteiger partial charge on any atom is -0.329 e. The Morgan fingerprint density at radius 3 is 1.58 bits per heavy atom. The van der Waals surface area contributed by atoms with Crippen LogP contribution in [0.15, 0.2) is 0 Å². The molecule has 1 aliphatic rings. The summed E-state index contributed by atoms with van der Waals surface area (Å²) in [7, 11) is 0. The predicted octanol–water partition coefficient (Wildman–Crippen LogP) is -1.57. The lowest BCUT2D eigenvalue weighted by atomic mass is 10.4. The topological polar surface area (TPSA) is 110 Å². The maximum absolute atomic E-state index is 10.2. The summed E-state index contributed by atoms with van der Waals surface area (Å²) in [5.74, 6) is -1.01. The molecule has 0 aromatic rings. The molecule has 70 valence electrons. The van der Waals surface area contributed by atoms with Crippen LogP contribution < -0.4 is 11.5 Å². The molecule has 6 heteroatoms. The molecule has 0 bridgehead atoms. The molecule has 1 saturated heterocycles. The number of nitrogens with zero attached hydrogens (tertiary/aromatic N) is 1. The highest BCUT2D eigenvalue weighted by Crippen LogP contribution is 2.06. The smallest absolute Gasteiger partial charge is 0.253 e. The Morgan fingerprint density at radius 1 is 1.17 bits per heavy atom. The lowest BCUT2D eigenvalue weighted by molar-refractivity contribution is -0.171. The van der Waals surface area contributed by atoms with E-state index in [0.717, 1.165) is 0 Å². The summed E-state index contributed by atoms with van der Waals surface area (Å²) in [6, 6.07) is 0. The number of imide groups is 1. The summed E-state index contributed by atoms with van der Waals surface area (Å²) in [5, 5.41) is 8.57. The Bertz CT molecular complexity index is 153. The third-order valence-electron chi connectivity index (χ3n) is 1.19. The molecule has 0 radical (unpaired) electrons. The van der Waals surface area contributed by atoms with E-state index in [1.807, 2.05) is 0 Å². The lowest BCUT2D eigenvalue weighted by Gasteiger charge is -1.98. The van der Waals surface area contributed by atoms with Gasteiger partial charge >= 0.3 is 0 Å². The Hall–Kier alpha value is -0.980. The fourth-order valence-electron chi connectivity index (χ4n) is 0.565. The van der Waals surface area contributed by atoms with Crippen LogP contribution in [0.5, 0.6) is 0 Å². The zero-order valence-electron chi connectivity index (χ0n) is 6.69. The van der Waals surface area contributed by atoms with Crippen molar-refractivity contribution in [2.75, 3.05) is 13.1 Å². The SMILES string of the molecule is NCCN.O=C1CCC(=O)N1O. The first-order valence-corrected chi connectivity index (χ1v) is 3.58. The normalized spacial score (nSPS) is 16.1. The van der Waals surface area contributed by atoms with Crippen LogP contribution in [0.1, 0.15) is 12.8 Å². The van der Waals surface area contributed by atoms with Crippen molar-refractivity contribution in [3.63, 3.8) is 0 Å². The van der Waals surface area contributed by atoms with Gasteiger partial charge in [-0.1, -0.05) is 0 Å². The van der Waals surface area contributed by atoms with Gasteiger partial charge in [-0.25, -0.2) is 0 Å². The molecule has 1 heterocycles. The van der Waals surface area contributed by atoms with Gasteiger partial charge in [0.25, 0.3) is 11.8 Å². The molecule has 2 amide bonds. The molecule has 0 aromatic heterocycles. The van der Waals surface area contributed by atoms with E-state index in [4.69, 9.17) is 16.7 Å². The molecule has 1 fully saturated rings. The second-order valence-electron chi connectivity index (χ2n) is 2.18. The number of hydrogen-bond donors (Lipinski definition) is 3. The maximum Gasteiger partial charge on any atom is 0.253 e. The molecular weight excluding hydrogens is 162 g/mol. The van der Waals surface area contributed by atoms with Gasteiger partial charge < -0.3 is 11.5 Å². The fourth-order valence-corrected chi connectivity index (χ4v) is 0.565. The number of carbonyl (C=O) groups excluding carboxylic acids is 2. The first kappa shape index (κ1) is 11.0. The van der Waals surface area contributed by atoms with Crippen molar-refractivity contribution in [2.45, 2.75) is 12.8 Å². The fraction of sp³-hybridized carbons (Fsp3) is 0.667. The first-order chi connectivity index (χ1) is 5.63. The summed E-state index contributed by atoms with van der Waals surface area (Å²) in [6.45, 7) is 1.19. The van der Waals surface area contributed by atoms with Crippen molar-refractivity contribution in [1.29, 1.82) is 0 Å². The Kier molecular flexibility index (Phi) is 5.18. The average molecular weight is 175 g/mol. The number of carbonyl (C=O) groups is 2. The Labute approximate surface area is 70.1 Å². The first-order valence-electron chi connectivity index (χ1n) is 3.58. The zero-order chi connectivity index (χ0) is 9.56. The van der Waals surface area contributed by atoms with Crippen LogP contribution in [0, 0.1) is 0 Å². The predicted molar refractivity (Wildman–Crippen MR) is 41.0 cm³/mol. The van der Waals surface area contributed by atoms with Gasteiger partial charge in [0.2, 0.25) is 0 Å². The van der Waals surface area contributed by atoms with E-state index in [-0.39, 0.29) is 17.9 Å². The van der Waals surface area contributed by atoms with Crippen LogP contribution in [0.4, 0.5) is 0 Å². The Morgan fingerprint density at radius 2 is 1.50 bits per heavy atom. The highest BCUT2D eigenvalue weighted by Gasteiger charge is 2.26.